The molecule has 0 unspecified atom stereocenters. The van der Waals surface area contributed by atoms with Gasteiger partial charge in [-0.3, -0.25) is 4.79 Å². The van der Waals surface area contributed by atoms with Crippen LogP contribution in [0.5, 0.6) is 11.5 Å². The lowest BCUT2D eigenvalue weighted by Gasteiger charge is -2.10. The van der Waals surface area contributed by atoms with Crippen LogP contribution in [0.15, 0.2) is 54.6 Å². The molecule has 0 spiro atoms. The molecule has 1 N–H and O–H groups in total. The van der Waals surface area contributed by atoms with Gasteiger partial charge in [-0.1, -0.05) is 18.2 Å². The topological polar surface area (TPSA) is 73.9 Å². The molecule has 9 heteroatoms. The van der Waals surface area contributed by atoms with Crippen molar-refractivity contribution < 1.29 is 37.0 Å². The quantitative estimate of drug-likeness (QED) is 0.523. The second kappa shape index (κ2) is 10.2. The maximum absolute atomic E-state index is 12.1. The maximum Gasteiger partial charge on any atom is 0.573 e. The number of para-hydroxylation sites is 1. The van der Waals surface area contributed by atoms with Gasteiger partial charge in [-0.2, -0.15) is 0 Å². The van der Waals surface area contributed by atoms with E-state index in [1.165, 1.54) is 18.2 Å². The molecule has 154 valence electrons. The number of benzene rings is 2. The van der Waals surface area contributed by atoms with Gasteiger partial charge in [-0.05, 0) is 43.3 Å². The number of hydrogen-bond donors (Lipinski definition) is 1. The Morgan fingerprint density at radius 1 is 1.07 bits per heavy atom. The number of carbonyl (C=O) groups is 2. The SMILES string of the molecule is CCOc1ccccc1/C=C\C(=O)OCC(=O)Nc1ccc(OC(F)(F)F)cc1. The van der Waals surface area contributed by atoms with Gasteiger partial charge in [0, 0.05) is 17.3 Å². The molecule has 0 aromatic heterocycles. The minimum absolute atomic E-state index is 0.224. The first kappa shape index (κ1) is 21.8. The minimum atomic E-state index is -4.80. The molecule has 0 atom stereocenters. The largest absolute Gasteiger partial charge is 0.573 e. The van der Waals surface area contributed by atoms with Gasteiger partial charge >= 0.3 is 12.3 Å². The van der Waals surface area contributed by atoms with E-state index >= 15 is 0 Å². The highest BCUT2D eigenvalue weighted by Gasteiger charge is 2.30. The first-order valence-electron chi connectivity index (χ1n) is 8.49. The van der Waals surface area contributed by atoms with Crippen molar-refractivity contribution in [3.8, 4) is 11.5 Å². The van der Waals surface area contributed by atoms with Gasteiger partial charge in [0.25, 0.3) is 5.91 Å². The third-order valence-electron chi connectivity index (χ3n) is 3.34. The second-order valence-electron chi connectivity index (χ2n) is 5.53. The van der Waals surface area contributed by atoms with Crippen molar-refractivity contribution in [2.45, 2.75) is 13.3 Å². The lowest BCUT2D eigenvalue weighted by atomic mass is 10.2. The molecular formula is C20H18F3NO5. The summed E-state index contributed by atoms with van der Waals surface area (Å²) in [5, 5.41) is 2.39. The van der Waals surface area contributed by atoms with Crippen LogP contribution in [0.4, 0.5) is 18.9 Å². The van der Waals surface area contributed by atoms with E-state index in [9.17, 15) is 22.8 Å². The molecule has 0 aliphatic heterocycles. The predicted octanol–water partition coefficient (Wildman–Crippen LogP) is 4.18. The first-order chi connectivity index (χ1) is 13.8. The average molecular weight is 409 g/mol. The highest BCUT2D eigenvalue weighted by Crippen LogP contribution is 2.24. The summed E-state index contributed by atoms with van der Waals surface area (Å²) in [7, 11) is 0. The fourth-order valence-corrected chi connectivity index (χ4v) is 2.18. The van der Waals surface area contributed by atoms with Crippen molar-refractivity contribution in [1.82, 2.24) is 0 Å². The first-order valence-corrected chi connectivity index (χ1v) is 8.49. The molecule has 2 aromatic rings. The van der Waals surface area contributed by atoms with Crippen molar-refractivity contribution >= 4 is 23.6 Å². The Morgan fingerprint density at radius 3 is 2.41 bits per heavy atom. The number of halogens is 3. The van der Waals surface area contributed by atoms with Gasteiger partial charge in [0.2, 0.25) is 0 Å². The molecule has 1 amide bonds. The minimum Gasteiger partial charge on any atom is -0.493 e. The molecule has 0 heterocycles. The number of nitrogens with one attached hydrogen (secondary N) is 1. The number of anilines is 1. The Kier molecular flexibility index (Phi) is 7.64. The van der Waals surface area contributed by atoms with E-state index in [2.05, 4.69) is 10.1 Å². The van der Waals surface area contributed by atoms with E-state index < -0.39 is 30.6 Å². The van der Waals surface area contributed by atoms with E-state index in [-0.39, 0.29) is 5.69 Å². The molecule has 2 rings (SSSR count). The Balaban J connectivity index is 1.82. The molecule has 0 bridgehead atoms. The summed E-state index contributed by atoms with van der Waals surface area (Å²) in [5.74, 6) is -1.19. The number of alkyl halides is 3. The number of carbonyl (C=O) groups excluding carboxylic acids is 2. The third kappa shape index (κ3) is 7.96. The Labute approximate surface area is 164 Å². The maximum atomic E-state index is 12.1. The highest BCUT2D eigenvalue weighted by molar-refractivity contribution is 5.94. The predicted molar refractivity (Wildman–Crippen MR) is 99.4 cm³/mol. The van der Waals surface area contributed by atoms with E-state index in [0.29, 0.717) is 17.9 Å². The van der Waals surface area contributed by atoms with Gasteiger partial charge in [0.1, 0.15) is 11.5 Å². The summed E-state index contributed by atoms with van der Waals surface area (Å²) < 4.78 is 50.3. The van der Waals surface area contributed by atoms with Crippen LogP contribution >= 0.6 is 0 Å². The van der Waals surface area contributed by atoms with Gasteiger partial charge in [0.15, 0.2) is 6.61 Å². The summed E-state index contributed by atoms with van der Waals surface area (Å²) in [4.78, 5) is 23.6. The lowest BCUT2D eigenvalue weighted by Crippen LogP contribution is -2.20. The third-order valence-corrected chi connectivity index (χ3v) is 3.34. The number of hydrogen-bond acceptors (Lipinski definition) is 5. The molecule has 0 fully saturated rings. The van der Waals surface area contributed by atoms with Crippen molar-refractivity contribution in [2.75, 3.05) is 18.5 Å². The summed E-state index contributed by atoms with van der Waals surface area (Å²) in [5.41, 5.74) is 0.902. The van der Waals surface area contributed by atoms with E-state index in [4.69, 9.17) is 9.47 Å². The van der Waals surface area contributed by atoms with Gasteiger partial charge in [-0.25, -0.2) is 4.79 Å². The molecule has 2 aromatic carbocycles. The fourth-order valence-electron chi connectivity index (χ4n) is 2.18. The molecule has 0 saturated heterocycles. The summed E-state index contributed by atoms with van der Waals surface area (Å²) in [6, 6.07) is 11.7. The van der Waals surface area contributed by atoms with Crippen LogP contribution in [0.3, 0.4) is 0 Å². The molecule has 0 saturated carbocycles. The average Bonchev–Trinajstić information content (AvgIpc) is 2.66. The van der Waals surface area contributed by atoms with Crippen LogP contribution in [0.1, 0.15) is 12.5 Å². The van der Waals surface area contributed by atoms with Crippen LogP contribution < -0.4 is 14.8 Å². The Bertz CT molecular complexity index is 863. The number of ether oxygens (including phenoxy) is 3. The molecule has 0 radical (unpaired) electrons. The van der Waals surface area contributed by atoms with Gasteiger partial charge < -0.3 is 19.5 Å². The van der Waals surface area contributed by atoms with Crippen molar-refractivity contribution in [2.24, 2.45) is 0 Å². The van der Waals surface area contributed by atoms with Gasteiger partial charge in [0.05, 0.1) is 6.61 Å². The number of rotatable bonds is 8. The zero-order valence-electron chi connectivity index (χ0n) is 15.4. The Morgan fingerprint density at radius 2 is 1.76 bits per heavy atom. The fraction of sp³-hybridized carbons (Fsp3) is 0.200. The van der Waals surface area contributed by atoms with Crippen molar-refractivity contribution in [3.05, 3.63) is 60.2 Å². The van der Waals surface area contributed by atoms with Crippen LogP contribution in [-0.4, -0.2) is 31.5 Å². The molecule has 6 nitrogen and oxygen atoms in total. The molecular weight excluding hydrogens is 391 g/mol. The van der Waals surface area contributed by atoms with Crippen LogP contribution in [0.25, 0.3) is 6.08 Å². The molecule has 29 heavy (non-hydrogen) atoms. The lowest BCUT2D eigenvalue weighted by molar-refractivity contribution is -0.274. The van der Waals surface area contributed by atoms with E-state index in [1.807, 2.05) is 6.92 Å². The molecule has 0 aliphatic carbocycles. The summed E-state index contributed by atoms with van der Waals surface area (Å²) in [6.45, 7) is 1.75. The zero-order valence-corrected chi connectivity index (χ0v) is 15.4. The van der Waals surface area contributed by atoms with Crippen molar-refractivity contribution in [1.29, 1.82) is 0 Å². The Hall–Kier alpha value is -3.49. The summed E-state index contributed by atoms with van der Waals surface area (Å²) in [6.07, 6.45) is -2.13. The standard InChI is InChI=1S/C20H18F3NO5/c1-2-27-17-6-4-3-5-14(17)7-12-19(26)28-13-18(25)24-15-8-10-16(11-9-15)29-20(21,22)23/h3-12H,2,13H2,1H3,(H,24,25)/b12-7-. The van der Waals surface area contributed by atoms with E-state index in [1.54, 1.807) is 24.3 Å². The number of esters is 1. The monoisotopic (exact) mass is 409 g/mol. The van der Waals surface area contributed by atoms with Crippen LogP contribution in [0.2, 0.25) is 0 Å². The smallest absolute Gasteiger partial charge is 0.493 e. The van der Waals surface area contributed by atoms with E-state index in [0.717, 1.165) is 18.2 Å². The summed E-state index contributed by atoms with van der Waals surface area (Å²) >= 11 is 0. The highest BCUT2D eigenvalue weighted by atomic mass is 19.4. The van der Waals surface area contributed by atoms with Crippen LogP contribution in [-0.2, 0) is 14.3 Å². The van der Waals surface area contributed by atoms with Crippen molar-refractivity contribution in [3.63, 3.8) is 0 Å². The van der Waals surface area contributed by atoms with Crippen LogP contribution in [0, 0.1) is 0 Å². The number of amides is 1. The van der Waals surface area contributed by atoms with Gasteiger partial charge in [-0.15, -0.1) is 13.2 Å². The molecule has 0 aliphatic rings. The zero-order chi connectivity index (χ0) is 21.3. The normalized spacial score (nSPS) is 11.2. The second-order valence-corrected chi connectivity index (χ2v) is 5.53.